The van der Waals surface area contributed by atoms with Gasteiger partial charge in [-0.25, -0.2) is 4.98 Å². The van der Waals surface area contributed by atoms with E-state index in [1.807, 2.05) is 50.2 Å². The second-order valence-electron chi connectivity index (χ2n) is 7.01. The van der Waals surface area contributed by atoms with Crippen molar-refractivity contribution in [1.82, 2.24) is 9.55 Å². The number of ether oxygens (including phenoxy) is 1. The average molecular weight is 338 g/mol. The monoisotopic (exact) mass is 338 g/mol. The molecule has 1 aromatic heterocycles. The van der Waals surface area contributed by atoms with Crippen LogP contribution in [0.25, 0.3) is 11.0 Å². The molecule has 132 valence electrons. The molecular formula is C21H26N2O2. The number of nitrogens with zero attached hydrogens (tertiary/aromatic N) is 2. The molecule has 0 amide bonds. The van der Waals surface area contributed by atoms with E-state index < -0.39 is 6.10 Å². The van der Waals surface area contributed by atoms with Crippen LogP contribution in [0.2, 0.25) is 0 Å². The van der Waals surface area contributed by atoms with Gasteiger partial charge in [-0.05, 0) is 49.2 Å². The van der Waals surface area contributed by atoms with Gasteiger partial charge in [0.05, 0.1) is 17.6 Å². The summed E-state index contributed by atoms with van der Waals surface area (Å²) >= 11 is 0. The van der Waals surface area contributed by atoms with Crippen molar-refractivity contribution < 1.29 is 9.84 Å². The van der Waals surface area contributed by atoms with Crippen molar-refractivity contribution in [2.45, 2.75) is 46.3 Å². The van der Waals surface area contributed by atoms with Crippen molar-refractivity contribution in [2.75, 3.05) is 6.61 Å². The predicted molar refractivity (Wildman–Crippen MR) is 101 cm³/mol. The Morgan fingerprint density at radius 3 is 2.44 bits per heavy atom. The van der Waals surface area contributed by atoms with Gasteiger partial charge in [-0.1, -0.05) is 32.0 Å². The zero-order valence-electron chi connectivity index (χ0n) is 15.4. The fraction of sp³-hybridized carbons (Fsp3) is 0.381. The molecule has 2 aromatic carbocycles. The van der Waals surface area contributed by atoms with Crippen LogP contribution in [-0.4, -0.2) is 27.4 Å². The number of rotatable bonds is 6. The molecule has 0 aliphatic rings. The molecule has 0 saturated carbocycles. The van der Waals surface area contributed by atoms with Gasteiger partial charge in [0.15, 0.2) is 0 Å². The summed E-state index contributed by atoms with van der Waals surface area (Å²) in [5, 5.41) is 10.5. The number of imidazole rings is 1. The van der Waals surface area contributed by atoms with E-state index in [0.29, 0.717) is 12.5 Å². The van der Waals surface area contributed by atoms with Crippen LogP contribution in [0.5, 0.6) is 5.75 Å². The lowest BCUT2D eigenvalue weighted by Crippen LogP contribution is -2.25. The van der Waals surface area contributed by atoms with Crippen molar-refractivity contribution in [1.29, 1.82) is 0 Å². The van der Waals surface area contributed by atoms with Crippen LogP contribution < -0.4 is 4.74 Å². The third-order valence-electron chi connectivity index (χ3n) is 4.23. The lowest BCUT2D eigenvalue weighted by atomic mass is 10.1. The van der Waals surface area contributed by atoms with E-state index in [9.17, 15) is 5.11 Å². The van der Waals surface area contributed by atoms with Crippen LogP contribution in [-0.2, 0) is 6.54 Å². The van der Waals surface area contributed by atoms with E-state index in [1.165, 1.54) is 0 Å². The Kier molecular flexibility index (Phi) is 5.09. The van der Waals surface area contributed by atoms with Crippen molar-refractivity contribution in [3.8, 4) is 5.75 Å². The van der Waals surface area contributed by atoms with E-state index in [1.54, 1.807) is 0 Å². The Hall–Kier alpha value is -2.33. The first-order valence-electron chi connectivity index (χ1n) is 8.78. The second-order valence-corrected chi connectivity index (χ2v) is 7.01. The minimum atomic E-state index is -0.601. The maximum Gasteiger partial charge on any atom is 0.119 e. The first-order valence-corrected chi connectivity index (χ1v) is 8.78. The molecule has 1 atom stereocenters. The number of aryl methyl sites for hydroxylation is 2. The summed E-state index contributed by atoms with van der Waals surface area (Å²) in [6.07, 6.45) is -0.601. The maximum atomic E-state index is 10.5. The Labute approximate surface area is 149 Å². The van der Waals surface area contributed by atoms with Crippen LogP contribution in [0.15, 0.2) is 42.5 Å². The molecule has 25 heavy (non-hydrogen) atoms. The second kappa shape index (κ2) is 7.28. The molecule has 0 bridgehead atoms. The van der Waals surface area contributed by atoms with Crippen LogP contribution in [0.1, 0.15) is 36.7 Å². The molecule has 0 radical (unpaired) electrons. The topological polar surface area (TPSA) is 47.3 Å². The third-order valence-corrected chi connectivity index (χ3v) is 4.23. The number of aliphatic hydroxyl groups excluding tert-OH is 1. The zero-order chi connectivity index (χ0) is 18.0. The average Bonchev–Trinajstić information content (AvgIpc) is 2.91. The lowest BCUT2D eigenvalue weighted by molar-refractivity contribution is 0.0925. The smallest absolute Gasteiger partial charge is 0.119 e. The minimum Gasteiger partial charge on any atom is -0.491 e. The van der Waals surface area contributed by atoms with E-state index in [0.717, 1.165) is 33.7 Å². The van der Waals surface area contributed by atoms with E-state index in [2.05, 4.69) is 24.5 Å². The summed E-state index contributed by atoms with van der Waals surface area (Å²) in [5.41, 5.74) is 4.34. The first kappa shape index (κ1) is 17.5. The molecule has 0 fully saturated rings. The van der Waals surface area contributed by atoms with Crippen LogP contribution in [0.4, 0.5) is 0 Å². The summed E-state index contributed by atoms with van der Waals surface area (Å²) in [6, 6.07) is 14.1. The number of aromatic nitrogens is 2. The molecule has 0 saturated heterocycles. The predicted octanol–water partition coefficient (Wildman–Crippen LogP) is 4.22. The number of hydrogen-bond acceptors (Lipinski definition) is 3. The van der Waals surface area contributed by atoms with Crippen molar-refractivity contribution in [3.05, 3.63) is 59.4 Å². The summed E-state index contributed by atoms with van der Waals surface area (Å²) in [4.78, 5) is 4.72. The molecule has 3 aromatic rings. The summed E-state index contributed by atoms with van der Waals surface area (Å²) < 4.78 is 7.91. The molecule has 0 aliphatic carbocycles. The third kappa shape index (κ3) is 4.02. The quantitative estimate of drug-likeness (QED) is 0.732. The fourth-order valence-corrected chi connectivity index (χ4v) is 3.20. The van der Waals surface area contributed by atoms with Gasteiger partial charge < -0.3 is 14.4 Å². The van der Waals surface area contributed by atoms with Crippen molar-refractivity contribution >= 4 is 11.0 Å². The number of hydrogen-bond donors (Lipinski definition) is 1. The largest absolute Gasteiger partial charge is 0.491 e. The Morgan fingerprint density at radius 1 is 1.08 bits per heavy atom. The van der Waals surface area contributed by atoms with E-state index in [-0.39, 0.29) is 6.61 Å². The molecule has 0 spiro atoms. The van der Waals surface area contributed by atoms with Gasteiger partial charge in [0.2, 0.25) is 0 Å². The van der Waals surface area contributed by atoms with Gasteiger partial charge in [0.1, 0.15) is 24.3 Å². The summed E-state index contributed by atoms with van der Waals surface area (Å²) in [7, 11) is 0. The molecule has 1 N–H and O–H groups in total. The standard InChI is InChI=1S/C21H26N2O2/c1-14(2)21-22-19-7-5-6-8-20(19)23(21)12-17(24)13-25-18-10-15(3)9-16(4)11-18/h5-11,14,17,24H,12-13H2,1-4H3. The Morgan fingerprint density at radius 2 is 1.76 bits per heavy atom. The highest BCUT2D eigenvalue weighted by atomic mass is 16.5. The first-order chi connectivity index (χ1) is 11.9. The molecule has 3 rings (SSSR count). The van der Waals surface area contributed by atoms with Crippen molar-refractivity contribution in [3.63, 3.8) is 0 Å². The highest BCUT2D eigenvalue weighted by molar-refractivity contribution is 5.76. The fourth-order valence-electron chi connectivity index (χ4n) is 3.20. The van der Waals surface area contributed by atoms with Gasteiger partial charge in [-0.15, -0.1) is 0 Å². The molecular weight excluding hydrogens is 312 g/mol. The summed E-state index contributed by atoms with van der Waals surface area (Å²) in [5.74, 6) is 2.09. The number of benzene rings is 2. The zero-order valence-corrected chi connectivity index (χ0v) is 15.4. The van der Waals surface area contributed by atoms with Gasteiger partial charge >= 0.3 is 0 Å². The van der Waals surface area contributed by atoms with Gasteiger partial charge in [-0.2, -0.15) is 0 Å². The molecule has 0 aliphatic heterocycles. The SMILES string of the molecule is Cc1cc(C)cc(OCC(O)Cn2c(C(C)C)nc3ccccc32)c1. The van der Waals surface area contributed by atoms with Gasteiger partial charge in [-0.3, -0.25) is 0 Å². The van der Waals surface area contributed by atoms with E-state index >= 15 is 0 Å². The number of aliphatic hydroxyl groups is 1. The Bertz CT molecular complexity index is 847. The van der Waals surface area contributed by atoms with Crippen LogP contribution in [0.3, 0.4) is 0 Å². The highest BCUT2D eigenvalue weighted by Gasteiger charge is 2.16. The Balaban J connectivity index is 1.75. The summed E-state index contributed by atoms with van der Waals surface area (Å²) in [6.45, 7) is 9.06. The lowest BCUT2D eigenvalue weighted by Gasteiger charge is -2.17. The molecule has 1 unspecified atom stereocenters. The normalized spacial score (nSPS) is 12.7. The molecule has 4 nitrogen and oxygen atoms in total. The van der Waals surface area contributed by atoms with Crippen LogP contribution >= 0.6 is 0 Å². The highest BCUT2D eigenvalue weighted by Crippen LogP contribution is 2.22. The number of fused-ring (bicyclic) bond motifs is 1. The van der Waals surface area contributed by atoms with Gasteiger partial charge in [0, 0.05) is 5.92 Å². The van der Waals surface area contributed by atoms with Gasteiger partial charge in [0.25, 0.3) is 0 Å². The minimum absolute atomic E-state index is 0.257. The van der Waals surface area contributed by atoms with Crippen molar-refractivity contribution in [2.24, 2.45) is 0 Å². The van der Waals surface area contributed by atoms with Crippen LogP contribution in [0, 0.1) is 13.8 Å². The molecule has 4 heteroatoms. The maximum absolute atomic E-state index is 10.5. The van der Waals surface area contributed by atoms with E-state index in [4.69, 9.17) is 9.72 Å². The molecule has 1 heterocycles. The number of para-hydroxylation sites is 2.